The first-order valence-electron chi connectivity index (χ1n) is 7.92. The van der Waals surface area contributed by atoms with Crippen molar-refractivity contribution in [2.75, 3.05) is 0 Å². The largest absolute Gasteiger partial charge is 0.295 e. The molecule has 1 fully saturated rings. The Bertz CT molecular complexity index is 589. The van der Waals surface area contributed by atoms with Gasteiger partial charge in [-0.15, -0.1) is 0 Å². The molecule has 0 bridgehead atoms. The second-order valence-electron chi connectivity index (χ2n) is 7.21. The minimum atomic E-state index is 0.195. The van der Waals surface area contributed by atoms with Gasteiger partial charge in [0.15, 0.2) is 5.78 Å². The highest BCUT2D eigenvalue weighted by Gasteiger charge is 2.48. The normalized spacial score (nSPS) is 45.4. The minimum Gasteiger partial charge on any atom is -0.295 e. The Hall–Kier alpha value is -1.37. The summed E-state index contributed by atoms with van der Waals surface area (Å²) in [5, 5.41) is 0. The van der Waals surface area contributed by atoms with Crippen molar-refractivity contribution in [3.63, 3.8) is 0 Å². The van der Waals surface area contributed by atoms with E-state index < -0.39 is 0 Å². The number of rotatable bonds is 0. The van der Waals surface area contributed by atoms with Crippen molar-refractivity contribution >= 4 is 5.78 Å². The van der Waals surface area contributed by atoms with Gasteiger partial charge < -0.3 is 0 Å². The molecular formula is C19H22O. The highest BCUT2D eigenvalue weighted by Crippen LogP contribution is 2.56. The third-order valence-electron chi connectivity index (χ3n) is 6.03. The molecule has 0 aliphatic heterocycles. The molecule has 104 valence electrons. The third kappa shape index (κ3) is 1.52. The van der Waals surface area contributed by atoms with Crippen LogP contribution in [0.15, 0.2) is 47.6 Å². The molecule has 20 heavy (non-hydrogen) atoms. The molecule has 5 atom stereocenters. The van der Waals surface area contributed by atoms with E-state index in [1.54, 1.807) is 5.57 Å². The predicted molar refractivity (Wildman–Crippen MR) is 81.0 cm³/mol. The number of carbonyl (C=O) groups excluding carboxylic acids is 1. The van der Waals surface area contributed by atoms with E-state index in [-0.39, 0.29) is 11.3 Å². The van der Waals surface area contributed by atoms with Crippen LogP contribution in [0.25, 0.3) is 0 Å². The summed E-state index contributed by atoms with van der Waals surface area (Å²) >= 11 is 0. The van der Waals surface area contributed by atoms with Gasteiger partial charge in [0.05, 0.1) is 0 Å². The molecule has 0 N–H and O–H groups in total. The molecule has 0 aromatic heterocycles. The summed E-state index contributed by atoms with van der Waals surface area (Å²) in [6.07, 6.45) is 16.9. The first-order valence-corrected chi connectivity index (χ1v) is 7.92. The first-order chi connectivity index (χ1) is 9.59. The number of hydrogen-bond acceptors (Lipinski definition) is 1. The van der Waals surface area contributed by atoms with Gasteiger partial charge in [0, 0.05) is 17.3 Å². The minimum absolute atomic E-state index is 0.195. The Labute approximate surface area is 121 Å². The van der Waals surface area contributed by atoms with Gasteiger partial charge in [0.1, 0.15) is 0 Å². The van der Waals surface area contributed by atoms with Crippen molar-refractivity contribution in [2.45, 2.75) is 33.1 Å². The van der Waals surface area contributed by atoms with Crippen LogP contribution in [-0.2, 0) is 4.79 Å². The monoisotopic (exact) mass is 266 g/mol. The fourth-order valence-electron chi connectivity index (χ4n) is 4.81. The second-order valence-corrected chi connectivity index (χ2v) is 7.21. The van der Waals surface area contributed by atoms with Crippen LogP contribution in [-0.4, -0.2) is 5.78 Å². The van der Waals surface area contributed by atoms with Gasteiger partial charge >= 0.3 is 0 Å². The van der Waals surface area contributed by atoms with Crippen LogP contribution in [0.1, 0.15) is 33.1 Å². The van der Waals surface area contributed by atoms with Gasteiger partial charge in [0.2, 0.25) is 0 Å². The van der Waals surface area contributed by atoms with Crippen molar-refractivity contribution < 1.29 is 4.79 Å². The fourth-order valence-corrected chi connectivity index (χ4v) is 4.81. The maximum atomic E-state index is 11.9. The Balaban J connectivity index is 1.78. The number of ketones is 1. The van der Waals surface area contributed by atoms with E-state index in [0.29, 0.717) is 23.5 Å². The topological polar surface area (TPSA) is 17.1 Å². The zero-order valence-corrected chi connectivity index (χ0v) is 12.3. The summed E-state index contributed by atoms with van der Waals surface area (Å²) in [4.78, 5) is 11.9. The summed E-state index contributed by atoms with van der Waals surface area (Å²) in [5.41, 5.74) is 3.29. The average Bonchev–Trinajstić information content (AvgIpc) is 2.82. The smallest absolute Gasteiger partial charge is 0.159 e. The van der Waals surface area contributed by atoms with Crippen LogP contribution in [0.4, 0.5) is 0 Å². The van der Waals surface area contributed by atoms with Crippen molar-refractivity contribution in [3.8, 4) is 0 Å². The third-order valence-corrected chi connectivity index (χ3v) is 6.03. The zero-order chi connectivity index (χ0) is 13.9. The lowest BCUT2D eigenvalue weighted by atomic mass is 9.55. The van der Waals surface area contributed by atoms with Crippen LogP contribution >= 0.6 is 0 Å². The number of allylic oxidation sites excluding steroid dienone is 8. The Morgan fingerprint density at radius 3 is 2.90 bits per heavy atom. The molecule has 5 unspecified atom stereocenters. The summed E-state index contributed by atoms with van der Waals surface area (Å²) < 4.78 is 0. The standard InChI is InChI=1S/C19H22O/c1-12-9-10-19(2)13(11-12)3-4-15-14-6-8-18(20)16(14)5-7-17(15)19/h3-4,6,8-10,12,14,16-17H,5,7,11H2,1-2H3. The molecule has 0 amide bonds. The molecule has 4 aliphatic rings. The maximum absolute atomic E-state index is 11.9. The van der Waals surface area contributed by atoms with Crippen LogP contribution in [0.2, 0.25) is 0 Å². The van der Waals surface area contributed by atoms with Crippen molar-refractivity contribution in [2.24, 2.45) is 29.1 Å². The van der Waals surface area contributed by atoms with E-state index in [4.69, 9.17) is 0 Å². The summed E-state index contributed by atoms with van der Waals surface area (Å²) in [7, 11) is 0. The van der Waals surface area contributed by atoms with Gasteiger partial charge in [-0.3, -0.25) is 4.79 Å². The van der Waals surface area contributed by atoms with Gasteiger partial charge in [-0.2, -0.15) is 0 Å². The molecule has 0 radical (unpaired) electrons. The van der Waals surface area contributed by atoms with E-state index in [1.165, 1.54) is 12.0 Å². The molecule has 0 saturated heterocycles. The lowest BCUT2D eigenvalue weighted by Crippen LogP contribution is -2.40. The molecule has 1 saturated carbocycles. The molecule has 0 aromatic rings. The van der Waals surface area contributed by atoms with Crippen LogP contribution in [0.5, 0.6) is 0 Å². The molecule has 1 heteroatoms. The summed E-state index contributed by atoms with van der Waals surface area (Å²) in [6, 6.07) is 0. The second kappa shape index (κ2) is 4.07. The maximum Gasteiger partial charge on any atom is 0.159 e. The molecule has 1 nitrogen and oxygen atoms in total. The lowest BCUT2D eigenvalue weighted by molar-refractivity contribution is -0.118. The molecule has 0 spiro atoms. The molecular weight excluding hydrogens is 244 g/mol. The van der Waals surface area contributed by atoms with Crippen molar-refractivity contribution in [3.05, 3.63) is 47.6 Å². The Kier molecular flexibility index (Phi) is 2.52. The molecule has 0 aromatic carbocycles. The molecule has 4 aliphatic carbocycles. The SMILES string of the molecule is CC1C=CC2(C)C(=CC=C3C4C=CC(=O)C4CCC32)C1. The van der Waals surface area contributed by atoms with E-state index in [0.717, 1.165) is 12.8 Å². The summed E-state index contributed by atoms with van der Waals surface area (Å²) in [5.74, 6) is 2.23. The van der Waals surface area contributed by atoms with Gasteiger partial charge in [-0.1, -0.05) is 55.4 Å². The Morgan fingerprint density at radius 2 is 2.05 bits per heavy atom. The van der Waals surface area contributed by atoms with Crippen LogP contribution in [0, 0.1) is 29.1 Å². The number of fused-ring (bicyclic) bond motifs is 5. The average molecular weight is 266 g/mol. The van der Waals surface area contributed by atoms with Gasteiger partial charge in [0.25, 0.3) is 0 Å². The number of hydrogen-bond donors (Lipinski definition) is 0. The number of carbonyl (C=O) groups is 1. The summed E-state index contributed by atoms with van der Waals surface area (Å²) in [6.45, 7) is 4.70. The van der Waals surface area contributed by atoms with Crippen molar-refractivity contribution in [1.29, 1.82) is 0 Å². The van der Waals surface area contributed by atoms with Crippen LogP contribution < -0.4 is 0 Å². The highest BCUT2D eigenvalue weighted by atomic mass is 16.1. The highest BCUT2D eigenvalue weighted by molar-refractivity contribution is 5.95. The quantitative estimate of drug-likeness (QED) is 0.599. The first kappa shape index (κ1) is 12.4. The van der Waals surface area contributed by atoms with E-state index >= 15 is 0 Å². The fraction of sp³-hybridized carbons (Fsp3) is 0.526. The van der Waals surface area contributed by atoms with Gasteiger partial charge in [-0.25, -0.2) is 0 Å². The Morgan fingerprint density at radius 1 is 1.20 bits per heavy atom. The lowest BCUT2D eigenvalue weighted by Gasteiger charge is -2.48. The van der Waals surface area contributed by atoms with Gasteiger partial charge in [-0.05, 0) is 37.2 Å². The molecule has 0 heterocycles. The van der Waals surface area contributed by atoms with Crippen molar-refractivity contribution in [1.82, 2.24) is 0 Å². The van der Waals surface area contributed by atoms with E-state index in [2.05, 4.69) is 44.2 Å². The molecule has 4 rings (SSSR count). The zero-order valence-electron chi connectivity index (χ0n) is 12.3. The predicted octanol–water partition coefficient (Wildman–Crippen LogP) is 4.24. The van der Waals surface area contributed by atoms with E-state index in [1.807, 2.05) is 6.08 Å². The van der Waals surface area contributed by atoms with Crippen LogP contribution in [0.3, 0.4) is 0 Å². The van der Waals surface area contributed by atoms with E-state index in [9.17, 15) is 4.79 Å².